The Morgan fingerprint density at radius 2 is 1.44 bits per heavy atom. The van der Waals surface area contributed by atoms with Gasteiger partial charge in [0.15, 0.2) is 0 Å². The number of unbranched alkanes of at least 4 members (excludes halogenated alkanes) is 7. The average Bonchev–Trinajstić information content (AvgIpc) is 2.32. The second-order valence-electron chi connectivity index (χ2n) is 6.25. The van der Waals surface area contributed by atoms with Gasteiger partial charge in [0.05, 0.1) is 0 Å². The van der Waals surface area contributed by atoms with E-state index in [4.69, 9.17) is 5.73 Å². The molecule has 2 heteroatoms. The van der Waals surface area contributed by atoms with Crippen LogP contribution < -0.4 is 5.73 Å². The largest absolute Gasteiger partial charge is 0.369 e. The first-order valence-electron chi connectivity index (χ1n) is 7.72. The second kappa shape index (κ2) is 9.41. The van der Waals surface area contributed by atoms with Crippen LogP contribution in [0.1, 0.15) is 85.5 Å². The highest BCUT2D eigenvalue weighted by Gasteiger charge is 2.31. The number of nitrogens with two attached hydrogens (primary N) is 1. The van der Waals surface area contributed by atoms with Crippen LogP contribution in [-0.4, -0.2) is 5.91 Å². The Hall–Kier alpha value is -0.530. The van der Waals surface area contributed by atoms with Gasteiger partial charge in [0.2, 0.25) is 5.91 Å². The molecule has 0 spiro atoms. The third-order valence-corrected chi connectivity index (χ3v) is 4.36. The highest BCUT2D eigenvalue weighted by atomic mass is 16.1. The van der Waals surface area contributed by atoms with E-state index in [0.717, 1.165) is 6.42 Å². The van der Waals surface area contributed by atoms with Gasteiger partial charge in [-0.25, -0.2) is 0 Å². The van der Waals surface area contributed by atoms with Crippen LogP contribution in [0.15, 0.2) is 0 Å². The molecule has 0 saturated carbocycles. The predicted octanol–water partition coefficient (Wildman–Crippen LogP) is 4.66. The maximum absolute atomic E-state index is 11.3. The molecule has 0 aromatic rings. The van der Waals surface area contributed by atoms with E-state index in [-0.39, 0.29) is 11.3 Å². The summed E-state index contributed by atoms with van der Waals surface area (Å²) < 4.78 is 0. The lowest BCUT2D eigenvalue weighted by molar-refractivity contribution is -0.128. The Bertz CT molecular complexity index is 223. The number of carbonyl (C=O) groups is 1. The van der Waals surface area contributed by atoms with Crippen LogP contribution in [0.25, 0.3) is 0 Å². The Morgan fingerprint density at radius 1 is 1.00 bits per heavy atom. The van der Waals surface area contributed by atoms with Gasteiger partial charge in [0.1, 0.15) is 0 Å². The maximum atomic E-state index is 11.3. The summed E-state index contributed by atoms with van der Waals surface area (Å²) in [7, 11) is 0. The smallest absolute Gasteiger partial charge is 0.223 e. The topological polar surface area (TPSA) is 43.1 Å². The zero-order chi connectivity index (χ0) is 14.0. The summed E-state index contributed by atoms with van der Waals surface area (Å²) in [6, 6.07) is 0. The summed E-state index contributed by atoms with van der Waals surface area (Å²) in [6.45, 7) is 8.32. The van der Waals surface area contributed by atoms with Gasteiger partial charge >= 0.3 is 0 Å². The zero-order valence-electron chi connectivity index (χ0n) is 12.9. The molecule has 0 aliphatic rings. The van der Waals surface area contributed by atoms with E-state index in [2.05, 4.69) is 13.8 Å². The molecule has 108 valence electrons. The number of amides is 1. The van der Waals surface area contributed by atoms with Crippen LogP contribution in [-0.2, 0) is 4.79 Å². The number of hydrogen-bond acceptors (Lipinski definition) is 1. The average molecular weight is 255 g/mol. The molecule has 0 aliphatic heterocycles. The van der Waals surface area contributed by atoms with Crippen molar-refractivity contribution in [2.24, 2.45) is 17.1 Å². The third kappa shape index (κ3) is 7.03. The molecule has 18 heavy (non-hydrogen) atoms. The minimum Gasteiger partial charge on any atom is -0.369 e. The van der Waals surface area contributed by atoms with Crippen molar-refractivity contribution in [2.45, 2.75) is 85.5 Å². The van der Waals surface area contributed by atoms with Gasteiger partial charge in [-0.3, -0.25) is 4.79 Å². The van der Waals surface area contributed by atoms with Gasteiger partial charge in [-0.05, 0) is 12.3 Å². The van der Waals surface area contributed by atoms with Crippen LogP contribution in [0.3, 0.4) is 0 Å². The molecule has 1 amide bonds. The molecule has 0 bridgehead atoms. The molecule has 0 saturated heterocycles. The van der Waals surface area contributed by atoms with Crippen molar-refractivity contribution < 1.29 is 4.79 Å². The highest BCUT2D eigenvalue weighted by Crippen LogP contribution is 2.30. The lowest BCUT2D eigenvalue weighted by Crippen LogP contribution is -2.37. The molecule has 0 heterocycles. The van der Waals surface area contributed by atoms with Crippen molar-refractivity contribution in [3.05, 3.63) is 0 Å². The molecule has 0 fully saturated rings. The summed E-state index contributed by atoms with van der Waals surface area (Å²) in [6.07, 6.45) is 11.8. The normalized spacial score (nSPS) is 13.6. The molecule has 1 unspecified atom stereocenters. The maximum Gasteiger partial charge on any atom is 0.223 e. The standard InChI is InChI=1S/C16H33NO/c1-5-6-7-8-9-10-11-12-13-14(2)16(3,4)15(17)18/h14H,5-13H2,1-4H3,(H2,17,18). The van der Waals surface area contributed by atoms with Crippen molar-refractivity contribution in [3.8, 4) is 0 Å². The summed E-state index contributed by atoms with van der Waals surface area (Å²) in [5.41, 5.74) is 5.07. The molecular formula is C16H33NO. The first-order valence-corrected chi connectivity index (χ1v) is 7.72. The van der Waals surface area contributed by atoms with Gasteiger partial charge in [0.25, 0.3) is 0 Å². The van der Waals surface area contributed by atoms with Crippen molar-refractivity contribution in [1.82, 2.24) is 0 Å². The zero-order valence-corrected chi connectivity index (χ0v) is 12.9. The van der Waals surface area contributed by atoms with Crippen LogP contribution in [0.5, 0.6) is 0 Å². The van der Waals surface area contributed by atoms with Gasteiger partial charge in [0, 0.05) is 5.41 Å². The van der Waals surface area contributed by atoms with Crippen LogP contribution in [0.2, 0.25) is 0 Å². The summed E-state index contributed by atoms with van der Waals surface area (Å²) in [4.78, 5) is 11.3. The quantitative estimate of drug-likeness (QED) is 0.536. The number of carbonyl (C=O) groups excluding carboxylic acids is 1. The molecule has 0 rings (SSSR count). The monoisotopic (exact) mass is 255 g/mol. The van der Waals surface area contributed by atoms with Gasteiger partial charge in [-0.15, -0.1) is 0 Å². The molecule has 2 nitrogen and oxygen atoms in total. The molecular weight excluding hydrogens is 222 g/mol. The van der Waals surface area contributed by atoms with Crippen molar-refractivity contribution >= 4 is 5.91 Å². The van der Waals surface area contributed by atoms with Crippen molar-refractivity contribution in [2.75, 3.05) is 0 Å². The molecule has 0 aromatic heterocycles. The second-order valence-corrected chi connectivity index (χ2v) is 6.25. The number of primary amides is 1. The Balaban J connectivity index is 3.52. The Morgan fingerprint density at radius 3 is 1.89 bits per heavy atom. The van der Waals surface area contributed by atoms with E-state index in [1.54, 1.807) is 0 Å². The fraction of sp³-hybridized carbons (Fsp3) is 0.938. The fourth-order valence-corrected chi connectivity index (χ4v) is 2.19. The van der Waals surface area contributed by atoms with E-state index in [1.165, 1.54) is 51.4 Å². The first-order chi connectivity index (χ1) is 8.42. The van der Waals surface area contributed by atoms with E-state index in [0.29, 0.717) is 5.92 Å². The van der Waals surface area contributed by atoms with E-state index >= 15 is 0 Å². The van der Waals surface area contributed by atoms with Crippen molar-refractivity contribution in [3.63, 3.8) is 0 Å². The van der Waals surface area contributed by atoms with Gasteiger partial charge in [-0.1, -0.05) is 79.1 Å². The van der Waals surface area contributed by atoms with Gasteiger partial charge < -0.3 is 5.73 Å². The summed E-state index contributed by atoms with van der Waals surface area (Å²) >= 11 is 0. The number of rotatable bonds is 11. The Labute approximate surface area is 114 Å². The predicted molar refractivity (Wildman–Crippen MR) is 79.4 cm³/mol. The van der Waals surface area contributed by atoms with Crippen LogP contribution >= 0.6 is 0 Å². The van der Waals surface area contributed by atoms with E-state index < -0.39 is 0 Å². The van der Waals surface area contributed by atoms with Gasteiger partial charge in [-0.2, -0.15) is 0 Å². The highest BCUT2D eigenvalue weighted by molar-refractivity contribution is 5.80. The fourth-order valence-electron chi connectivity index (χ4n) is 2.19. The van der Waals surface area contributed by atoms with Crippen molar-refractivity contribution in [1.29, 1.82) is 0 Å². The minimum atomic E-state index is -0.360. The van der Waals surface area contributed by atoms with Crippen LogP contribution in [0.4, 0.5) is 0 Å². The molecule has 1 atom stereocenters. The first kappa shape index (κ1) is 17.5. The summed E-state index contributed by atoms with van der Waals surface area (Å²) in [5.74, 6) is 0.213. The SMILES string of the molecule is CCCCCCCCCCC(C)C(C)(C)C(N)=O. The molecule has 0 aromatic carbocycles. The molecule has 2 N–H and O–H groups in total. The number of hydrogen-bond donors (Lipinski definition) is 1. The van der Waals surface area contributed by atoms with E-state index in [9.17, 15) is 4.79 Å². The lowest BCUT2D eigenvalue weighted by atomic mass is 9.77. The summed E-state index contributed by atoms with van der Waals surface area (Å²) in [5, 5.41) is 0. The molecule has 0 aliphatic carbocycles. The lowest BCUT2D eigenvalue weighted by Gasteiger charge is -2.28. The molecule has 0 radical (unpaired) electrons. The Kier molecular flexibility index (Phi) is 9.13. The van der Waals surface area contributed by atoms with E-state index in [1.807, 2.05) is 13.8 Å². The minimum absolute atomic E-state index is 0.172. The van der Waals surface area contributed by atoms with Crippen LogP contribution in [0, 0.1) is 11.3 Å². The third-order valence-electron chi connectivity index (χ3n) is 4.36.